The number of fused-ring (bicyclic) bond motifs is 8. The fraction of sp³-hybridized carbons (Fsp3) is 0.160. The average Bonchev–Trinajstić information content (AvgIpc) is 3.47. The molecule has 1 amide bonds. The zero-order valence-corrected chi connectivity index (χ0v) is 16.1. The molecule has 3 aliphatic rings. The maximum Gasteiger partial charge on any atom is 0.255 e. The van der Waals surface area contributed by atoms with Gasteiger partial charge in [-0.25, -0.2) is 0 Å². The minimum Gasteiger partial charge on any atom is -0.454 e. The predicted octanol–water partition coefficient (Wildman–Crippen LogP) is 4.59. The van der Waals surface area contributed by atoms with Crippen molar-refractivity contribution in [2.75, 3.05) is 13.3 Å². The first kappa shape index (κ1) is 16.1. The van der Waals surface area contributed by atoms with Crippen LogP contribution in [0.2, 0.25) is 0 Å². The fourth-order valence-electron chi connectivity index (χ4n) is 5.34. The number of nitrogens with one attached hydrogen (secondary N) is 1. The Kier molecular flexibility index (Phi) is 3.04. The van der Waals surface area contributed by atoms with Crippen molar-refractivity contribution in [1.29, 1.82) is 0 Å². The van der Waals surface area contributed by atoms with E-state index in [0.717, 1.165) is 39.4 Å². The summed E-state index contributed by atoms with van der Waals surface area (Å²) in [4.78, 5) is 19.0. The van der Waals surface area contributed by atoms with Crippen molar-refractivity contribution in [1.82, 2.24) is 9.88 Å². The van der Waals surface area contributed by atoms with Crippen molar-refractivity contribution in [2.24, 2.45) is 0 Å². The molecule has 3 aliphatic heterocycles. The molecule has 3 aromatic carbocycles. The van der Waals surface area contributed by atoms with Gasteiger partial charge in [-0.1, -0.05) is 42.5 Å². The Bertz CT molecular complexity index is 1360. The number of rotatable bonds is 1. The second-order valence-electron chi connectivity index (χ2n) is 8.11. The second-order valence-corrected chi connectivity index (χ2v) is 8.11. The monoisotopic (exact) mass is 394 g/mol. The first-order valence-corrected chi connectivity index (χ1v) is 10.2. The van der Waals surface area contributed by atoms with Crippen LogP contribution in [0, 0.1) is 0 Å². The number of H-pyrrole nitrogens is 1. The standard InChI is InChI=1S/C25H18N2O3/c28-25-16-6-2-1-5-15(16)24-23-22(17-7-3-4-8-19(17)26-23)18(12-27(24)25)14-9-10-20-21(11-14)30-13-29-20/h1-11,18,24,26H,12-13H2. The highest BCUT2D eigenvalue weighted by Crippen LogP contribution is 2.50. The van der Waals surface area contributed by atoms with E-state index in [1.807, 2.05) is 35.2 Å². The van der Waals surface area contributed by atoms with Crippen molar-refractivity contribution in [3.05, 3.63) is 94.7 Å². The van der Waals surface area contributed by atoms with Gasteiger partial charge in [0.2, 0.25) is 6.79 Å². The van der Waals surface area contributed by atoms with Crippen LogP contribution in [0.4, 0.5) is 0 Å². The molecule has 0 saturated carbocycles. The molecule has 5 heteroatoms. The van der Waals surface area contributed by atoms with Crippen LogP contribution in [0.5, 0.6) is 11.5 Å². The van der Waals surface area contributed by atoms with Crippen LogP contribution in [0.1, 0.15) is 44.7 Å². The van der Waals surface area contributed by atoms with E-state index in [4.69, 9.17) is 9.47 Å². The van der Waals surface area contributed by atoms with E-state index in [2.05, 4.69) is 41.4 Å². The molecule has 4 heterocycles. The maximum atomic E-state index is 13.3. The van der Waals surface area contributed by atoms with E-state index in [0.29, 0.717) is 6.54 Å². The number of benzene rings is 3. The summed E-state index contributed by atoms with van der Waals surface area (Å²) >= 11 is 0. The van der Waals surface area contributed by atoms with Crippen LogP contribution in [0.25, 0.3) is 10.9 Å². The molecule has 30 heavy (non-hydrogen) atoms. The van der Waals surface area contributed by atoms with E-state index < -0.39 is 0 Å². The summed E-state index contributed by atoms with van der Waals surface area (Å²) < 4.78 is 11.1. The lowest BCUT2D eigenvalue weighted by molar-refractivity contribution is 0.0727. The van der Waals surface area contributed by atoms with Gasteiger partial charge in [0.25, 0.3) is 5.91 Å². The fourth-order valence-corrected chi connectivity index (χ4v) is 5.34. The third-order valence-electron chi connectivity index (χ3n) is 6.64. The SMILES string of the molecule is O=C1c2ccccc2C2c3[nH]c4ccccc4c3C(c3ccc4c(c3)OCO4)CN12. The van der Waals surface area contributed by atoms with Crippen LogP contribution in [-0.2, 0) is 0 Å². The number of aromatic nitrogens is 1. The van der Waals surface area contributed by atoms with Gasteiger partial charge in [-0.2, -0.15) is 0 Å². The lowest BCUT2D eigenvalue weighted by atomic mass is 9.83. The highest BCUT2D eigenvalue weighted by atomic mass is 16.7. The number of amides is 1. The smallest absolute Gasteiger partial charge is 0.255 e. The molecule has 4 aromatic rings. The highest BCUT2D eigenvalue weighted by Gasteiger charge is 2.45. The number of hydrogen-bond donors (Lipinski definition) is 1. The Morgan fingerprint density at radius 1 is 0.933 bits per heavy atom. The van der Waals surface area contributed by atoms with Gasteiger partial charge >= 0.3 is 0 Å². The molecule has 0 aliphatic carbocycles. The molecule has 1 N–H and O–H groups in total. The molecule has 0 spiro atoms. The Morgan fingerprint density at radius 2 is 1.77 bits per heavy atom. The average molecular weight is 394 g/mol. The van der Waals surface area contributed by atoms with Gasteiger partial charge in [-0.15, -0.1) is 0 Å². The number of aromatic amines is 1. The number of carbonyl (C=O) groups is 1. The van der Waals surface area contributed by atoms with E-state index in [-0.39, 0.29) is 24.7 Å². The molecule has 1 aromatic heterocycles. The largest absolute Gasteiger partial charge is 0.454 e. The van der Waals surface area contributed by atoms with Gasteiger partial charge in [0.15, 0.2) is 11.5 Å². The summed E-state index contributed by atoms with van der Waals surface area (Å²) in [5.74, 6) is 1.70. The summed E-state index contributed by atoms with van der Waals surface area (Å²) in [5.41, 5.74) is 6.51. The Labute approximate surface area is 172 Å². The van der Waals surface area contributed by atoms with Crippen molar-refractivity contribution in [3.8, 4) is 11.5 Å². The highest BCUT2D eigenvalue weighted by molar-refractivity contribution is 6.01. The lowest BCUT2D eigenvalue weighted by Gasteiger charge is -2.36. The van der Waals surface area contributed by atoms with Gasteiger partial charge in [0, 0.05) is 34.6 Å². The molecular weight excluding hydrogens is 376 g/mol. The van der Waals surface area contributed by atoms with Crippen molar-refractivity contribution < 1.29 is 14.3 Å². The molecule has 2 atom stereocenters. The molecule has 5 nitrogen and oxygen atoms in total. The van der Waals surface area contributed by atoms with Gasteiger partial charge in [-0.05, 0) is 41.0 Å². The zero-order chi connectivity index (χ0) is 19.8. The second kappa shape index (κ2) is 5.66. The molecule has 146 valence electrons. The number of carbonyl (C=O) groups excluding carboxylic acids is 1. The van der Waals surface area contributed by atoms with Gasteiger partial charge in [0.05, 0.1) is 6.04 Å². The van der Waals surface area contributed by atoms with Gasteiger partial charge in [-0.3, -0.25) is 4.79 Å². The van der Waals surface area contributed by atoms with E-state index in [1.54, 1.807) is 0 Å². The summed E-state index contributed by atoms with van der Waals surface area (Å²) in [5, 5.41) is 1.21. The Hall–Kier alpha value is -3.73. The molecule has 0 radical (unpaired) electrons. The van der Waals surface area contributed by atoms with Crippen LogP contribution in [-0.4, -0.2) is 29.1 Å². The molecule has 0 saturated heterocycles. The third kappa shape index (κ3) is 1.99. The summed E-state index contributed by atoms with van der Waals surface area (Å²) in [7, 11) is 0. The number of hydrogen-bond acceptors (Lipinski definition) is 3. The normalized spacial score (nSPS) is 20.9. The predicted molar refractivity (Wildman–Crippen MR) is 112 cm³/mol. The van der Waals surface area contributed by atoms with Crippen LogP contribution in [0.3, 0.4) is 0 Å². The van der Waals surface area contributed by atoms with Crippen LogP contribution < -0.4 is 9.47 Å². The Morgan fingerprint density at radius 3 is 2.73 bits per heavy atom. The van der Waals surface area contributed by atoms with E-state index >= 15 is 0 Å². The van der Waals surface area contributed by atoms with Crippen LogP contribution >= 0.6 is 0 Å². The first-order valence-electron chi connectivity index (χ1n) is 10.2. The quantitative estimate of drug-likeness (QED) is 0.514. The molecular formula is C25H18N2O3. The molecule has 0 bridgehead atoms. The van der Waals surface area contributed by atoms with Crippen molar-refractivity contribution in [2.45, 2.75) is 12.0 Å². The maximum absolute atomic E-state index is 13.3. The molecule has 0 fully saturated rings. The Balaban J connectivity index is 1.48. The number of para-hydroxylation sites is 1. The third-order valence-corrected chi connectivity index (χ3v) is 6.64. The molecule has 2 unspecified atom stereocenters. The number of ether oxygens (including phenoxy) is 2. The van der Waals surface area contributed by atoms with Crippen molar-refractivity contribution >= 4 is 16.8 Å². The number of nitrogens with zero attached hydrogens (tertiary/aromatic N) is 1. The zero-order valence-electron chi connectivity index (χ0n) is 16.1. The van der Waals surface area contributed by atoms with Crippen LogP contribution in [0.15, 0.2) is 66.7 Å². The van der Waals surface area contributed by atoms with E-state index in [1.165, 1.54) is 10.9 Å². The summed E-state index contributed by atoms with van der Waals surface area (Å²) in [6, 6.07) is 22.4. The summed E-state index contributed by atoms with van der Waals surface area (Å²) in [6.07, 6.45) is 0. The first-order chi connectivity index (χ1) is 14.8. The van der Waals surface area contributed by atoms with E-state index in [9.17, 15) is 4.79 Å². The van der Waals surface area contributed by atoms with Gasteiger partial charge < -0.3 is 19.4 Å². The van der Waals surface area contributed by atoms with Crippen molar-refractivity contribution in [3.63, 3.8) is 0 Å². The topological polar surface area (TPSA) is 54.6 Å². The lowest BCUT2D eigenvalue weighted by Crippen LogP contribution is -2.37. The minimum absolute atomic E-state index is 0.0557. The van der Waals surface area contributed by atoms with Gasteiger partial charge in [0.1, 0.15) is 0 Å². The molecule has 7 rings (SSSR count). The summed E-state index contributed by atoms with van der Waals surface area (Å²) in [6.45, 7) is 0.885. The minimum atomic E-state index is -0.0682.